The molecule has 0 bridgehead atoms. The number of nitrogens with one attached hydrogen (secondary N) is 1. The fourth-order valence-corrected chi connectivity index (χ4v) is 2.24. The van der Waals surface area contributed by atoms with E-state index in [9.17, 15) is 27.6 Å². The normalized spacial score (nSPS) is 13.6. The van der Waals surface area contributed by atoms with E-state index >= 15 is 0 Å². The van der Waals surface area contributed by atoms with Crippen LogP contribution in [0.1, 0.15) is 36.2 Å². The van der Waals surface area contributed by atoms with Crippen LogP contribution in [0.5, 0.6) is 0 Å². The van der Waals surface area contributed by atoms with Gasteiger partial charge in [0.25, 0.3) is 5.91 Å². The molecule has 25 heavy (non-hydrogen) atoms. The van der Waals surface area contributed by atoms with Crippen LogP contribution in [0.15, 0.2) is 24.3 Å². The number of ether oxygens (including phenoxy) is 1. The highest BCUT2D eigenvalue weighted by Gasteiger charge is 2.36. The summed E-state index contributed by atoms with van der Waals surface area (Å²) in [6, 6.07) is 2.85. The summed E-state index contributed by atoms with van der Waals surface area (Å²) in [6.45, 7) is 3.20. The van der Waals surface area contributed by atoms with Gasteiger partial charge in [-0.15, -0.1) is 0 Å². The van der Waals surface area contributed by atoms with E-state index in [0.717, 1.165) is 18.2 Å². The number of hydrogen-bond acceptors (Lipinski definition) is 4. The van der Waals surface area contributed by atoms with Gasteiger partial charge >= 0.3 is 12.1 Å². The average Bonchev–Trinajstić information content (AvgIpc) is 2.51. The van der Waals surface area contributed by atoms with Crippen LogP contribution in [0.3, 0.4) is 0 Å². The summed E-state index contributed by atoms with van der Waals surface area (Å²) in [6.07, 6.45) is -4.95. The van der Waals surface area contributed by atoms with Crippen molar-refractivity contribution in [2.45, 2.75) is 32.5 Å². The van der Waals surface area contributed by atoms with Crippen molar-refractivity contribution in [1.29, 1.82) is 0 Å². The third-order valence-corrected chi connectivity index (χ3v) is 3.43. The van der Waals surface area contributed by atoms with Gasteiger partial charge in [0.05, 0.1) is 24.2 Å². The molecule has 0 fully saturated rings. The summed E-state index contributed by atoms with van der Waals surface area (Å²) < 4.78 is 43.7. The summed E-state index contributed by atoms with van der Waals surface area (Å²) in [7, 11) is 0. The Balaban J connectivity index is 2.98. The van der Waals surface area contributed by atoms with Gasteiger partial charge in [-0.2, -0.15) is 13.2 Å². The van der Waals surface area contributed by atoms with E-state index in [1.165, 1.54) is 13.0 Å². The monoisotopic (exact) mass is 360 g/mol. The number of carbonyl (C=O) groups excluding carboxylic acids is 3. The second-order valence-corrected chi connectivity index (χ2v) is 5.38. The molecular formula is C16H19F3N2O4. The highest BCUT2D eigenvalue weighted by molar-refractivity contribution is 5.98. The molecule has 0 saturated heterocycles. The van der Waals surface area contributed by atoms with E-state index in [0.29, 0.717) is 0 Å². The van der Waals surface area contributed by atoms with Gasteiger partial charge in [-0.3, -0.25) is 14.4 Å². The molecule has 1 aromatic carbocycles. The number of esters is 1. The predicted molar refractivity (Wildman–Crippen MR) is 82.3 cm³/mol. The standard InChI is InChI=1S/C16H19F3N2O4/c1-3-25-12(22)8-9(2)13(14(20)23)21-15(24)10-6-4-5-7-11(10)16(17,18)19/h4-7,9,13H,3,8H2,1-2H3,(H2,20,23)(H,21,24)/t9-,13+/m0/s1. The van der Waals surface area contributed by atoms with E-state index in [1.54, 1.807) is 6.92 Å². The van der Waals surface area contributed by atoms with Crippen molar-refractivity contribution in [2.75, 3.05) is 6.61 Å². The number of nitrogens with two attached hydrogens (primary N) is 1. The molecule has 1 aromatic rings. The molecule has 138 valence electrons. The van der Waals surface area contributed by atoms with Crippen LogP contribution in [0.2, 0.25) is 0 Å². The fraction of sp³-hybridized carbons (Fsp3) is 0.438. The summed E-state index contributed by atoms with van der Waals surface area (Å²) in [4.78, 5) is 35.3. The van der Waals surface area contributed by atoms with Gasteiger partial charge in [-0.05, 0) is 25.0 Å². The summed E-state index contributed by atoms with van der Waals surface area (Å²) in [5, 5.41) is 2.17. The van der Waals surface area contributed by atoms with Crippen molar-refractivity contribution >= 4 is 17.8 Å². The van der Waals surface area contributed by atoms with Crippen molar-refractivity contribution in [1.82, 2.24) is 5.32 Å². The molecule has 0 aliphatic heterocycles. The van der Waals surface area contributed by atoms with Gasteiger partial charge < -0.3 is 15.8 Å². The molecule has 2 atom stereocenters. The number of alkyl halides is 3. The molecule has 0 aliphatic rings. The van der Waals surface area contributed by atoms with Gasteiger partial charge in [0.2, 0.25) is 5.91 Å². The molecule has 9 heteroatoms. The number of halogens is 3. The first-order valence-corrected chi connectivity index (χ1v) is 7.50. The lowest BCUT2D eigenvalue weighted by atomic mass is 9.96. The van der Waals surface area contributed by atoms with Crippen LogP contribution < -0.4 is 11.1 Å². The predicted octanol–water partition coefficient (Wildman–Crippen LogP) is 1.88. The number of carbonyl (C=O) groups is 3. The van der Waals surface area contributed by atoms with E-state index in [1.807, 2.05) is 0 Å². The minimum atomic E-state index is -4.73. The van der Waals surface area contributed by atoms with E-state index in [2.05, 4.69) is 5.32 Å². The molecule has 1 rings (SSSR count). The molecule has 0 aliphatic carbocycles. The smallest absolute Gasteiger partial charge is 0.417 e. The Kier molecular flexibility index (Phi) is 6.96. The van der Waals surface area contributed by atoms with Crippen molar-refractivity contribution in [2.24, 2.45) is 11.7 Å². The maximum Gasteiger partial charge on any atom is 0.417 e. The number of benzene rings is 1. The minimum Gasteiger partial charge on any atom is -0.466 e. The minimum absolute atomic E-state index is 0.137. The fourth-order valence-electron chi connectivity index (χ4n) is 2.24. The van der Waals surface area contributed by atoms with Gasteiger partial charge in [-0.1, -0.05) is 19.1 Å². The third kappa shape index (κ3) is 5.77. The Bertz CT molecular complexity index is 647. The lowest BCUT2D eigenvalue weighted by Gasteiger charge is -2.22. The second-order valence-electron chi connectivity index (χ2n) is 5.38. The summed E-state index contributed by atoms with van der Waals surface area (Å²) in [5.41, 5.74) is 3.44. The number of amides is 2. The van der Waals surface area contributed by atoms with Crippen LogP contribution in [0.4, 0.5) is 13.2 Å². The first-order valence-electron chi connectivity index (χ1n) is 7.50. The zero-order valence-electron chi connectivity index (χ0n) is 13.7. The van der Waals surface area contributed by atoms with E-state index in [4.69, 9.17) is 10.5 Å². The maximum atomic E-state index is 13.0. The van der Waals surface area contributed by atoms with Crippen LogP contribution in [-0.2, 0) is 20.5 Å². The molecule has 0 unspecified atom stereocenters. The van der Waals surface area contributed by atoms with Crippen molar-refractivity contribution < 1.29 is 32.3 Å². The lowest BCUT2D eigenvalue weighted by Crippen LogP contribution is -2.49. The Morgan fingerprint density at radius 1 is 1.24 bits per heavy atom. The van der Waals surface area contributed by atoms with Crippen molar-refractivity contribution in [3.8, 4) is 0 Å². The maximum absolute atomic E-state index is 13.0. The number of rotatable bonds is 7. The second kappa shape index (κ2) is 8.50. The molecular weight excluding hydrogens is 341 g/mol. The highest BCUT2D eigenvalue weighted by Crippen LogP contribution is 2.31. The Hall–Kier alpha value is -2.58. The first kappa shape index (κ1) is 20.5. The third-order valence-electron chi connectivity index (χ3n) is 3.43. The van der Waals surface area contributed by atoms with Crippen LogP contribution in [0.25, 0.3) is 0 Å². The lowest BCUT2D eigenvalue weighted by molar-refractivity contribution is -0.144. The summed E-state index contributed by atoms with van der Waals surface area (Å²) >= 11 is 0. The topological polar surface area (TPSA) is 98.5 Å². The molecule has 0 radical (unpaired) electrons. The molecule has 2 amide bonds. The quantitative estimate of drug-likeness (QED) is 0.725. The molecule has 0 aromatic heterocycles. The molecule has 3 N–H and O–H groups in total. The van der Waals surface area contributed by atoms with Gasteiger partial charge in [0.1, 0.15) is 6.04 Å². The first-order chi connectivity index (χ1) is 11.6. The van der Waals surface area contributed by atoms with Gasteiger partial charge in [-0.25, -0.2) is 0 Å². The van der Waals surface area contributed by atoms with Gasteiger partial charge in [0.15, 0.2) is 0 Å². The zero-order chi connectivity index (χ0) is 19.2. The zero-order valence-corrected chi connectivity index (χ0v) is 13.7. The van der Waals surface area contributed by atoms with Crippen molar-refractivity contribution in [3.63, 3.8) is 0 Å². The average molecular weight is 360 g/mol. The molecule has 0 saturated carbocycles. The largest absolute Gasteiger partial charge is 0.466 e. The molecule has 6 nitrogen and oxygen atoms in total. The number of hydrogen-bond donors (Lipinski definition) is 2. The number of primary amides is 1. The van der Waals surface area contributed by atoms with Crippen molar-refractivity contribution in [3.05, 3.63) is 35.4 Å². The van der Waals surface area contributed by atoms with Crippen LogP contribution in [0, 0.1) is 5.92 Å². The van der Waals surface area contributed by atoms with E-state index in [-0.39, 0.29) is 13.0 Å². The SMILES string of the molecule is CCOC(=O)C[C@H](C)[C@@H](NC(=O)c1ccccc1C(F)(F)F)C(N)=O. The Labute approximate surface area is 142 Å². The molecule has 0 heterocycles. The van der Waals surface area contributed by atoms with E-state index < -0.39 is 47.0 Å². The van der Waals surface area contributed by atoms with Crippen LogP contribution in [-0.4, -0.2) is 30.4 Å². The summed E-state index contributed by atoms with van der Waals surface area (Å²) in [5.74, 6) is -3.42. The van der Waals surface area contributed by atoms with Crippen LogP contribution >= 0.6 is 0 Å². The molecule has 0 spiro atoms. The Morgan fingerprint density at radius 3 is 2.36 bits per heavy atom. The highest BCUT2D eigenvalue weighted by atomic mass is 19.4. The van der Waals surface area contributed by atoms with Gasteiger partial charge in [0, 0.05) is 0 Å². The Morgan fingerprint density at radius 2 is 1.84 bits per heavy atom.